The van der Waals surface area contributed by atoms with Gasteiger partial charge in [0.1, 0.15) is 0 Å². The number of hydrogen-bond acceptors (Lipinski definition) is 4. The van der Waals surface area contributed by atoms with E-state index in [0.717, 1.165) is 11.1 Å². The molecule has 158 valence electrons. The van der Waals surface area contributed by atoms with Gasteiger partial charge in [-0.15, -0.1) is 0 Å². The van der Waals surface area contributed by atoms with Crippen LogP contribution in [0.5, 0.6) is 0 Å². The topological polar surface area (TPSA) is 84.5 Å². The Bertz CT molecular complexity index is 968. The average Bonchev–Trinajstić information content (AvgIpc) is 2.82. The zero-order valence-corrected chi connectivity index (χ0v) is 17.2. The standard InChI is InChI=1S/C25H24N2O4/c1-18(24(29)26-27-25(30)21-15-9-4-10-16-21)31-23(28)17-22(19-11-5-2-6-12-19)20-13-7-3-8-14-20/h2-16,18,22H,17H2,1H3,(H,26,29)(H,27,30)/t18-/m1/s1. The maximum atomic E-state index is 12.6. The summed E-state index contributed by atoms with van der Waals surface area (Å²) in [5.74, 6) is -1.77. The van der Waals surface area contributed by atoms with E-state index in [4.69, 9.17) is 4.74 Å². The van der Waals surface area contributed by atoms with Crippen LogP contribution in [-0.2, 0) is 14.3 Å². The molecule has 0 saturated carbocycles. The van der Waals surface area contributed by atoms with Crippen molar-refractivity contribution in [3.8, 4) is 0 Å². The van der Waals surface area contributed by atoms with Crippen LogP contribution in [0.4, 0.5) is 0 Å². The first kappa shape index (κ1) is 21.8. The second-order valence-corrected chi connectivity index (χ2v) is 7.02. The molecule has 0 saturated heterocycles. The maximum absolute atomic E-state index is 12.6. The molecule has 0 aromatic heterocycles. The number of hydrogen-bond donors (Lipinski definition) is 2. The minimum absolute atomic E-state index is 0.0853. The Morgan fingerprint density at radius 3 is 1.74 bits per heavy atom. The van der Waals surface area contributed by atoms with Gasteiger partial charge in [0.25, 0.3) is 11.8 Å². The van der Waals surface area contributed by atoms with Crippen LogP contribution >= 0.6 is 0 Å². The zero-order valence-electron chi connectivity index (χ0n) is 17.2. The Labute approximate surface area is 181 Å². The summed E-state index contributed by atoms with van der Waals surface area (Å²) >= 11 is 0. The molecule has 6 heteroatoms. The molecule has 31 heavy (non-hydrogen) atoms. The van der Waals surface area contributed by atoms with Gasteiger partial charge in [-0.3, -0.25) is 25.2 Å². The number of nitrogens with one attached hydrogen (secondary N) is 2. The maximum Gasteiger partial charge on any atom is 0.307 e. The first-order chi connectivity index (χ1) is 15.0. The van der Waals surface area contributed by atoms with E-state index >= 15 is 0 Å². The highest BCUT2D eigenvalue weighted by atomic mass is 16.5. The van der Waals surface area contributed by atoms with Crippen LogP contribution in [0.3, 0.4) is 0 Å². The fourth-order valence-corrected chi connectivity index (χ4v) is 3.15. The Kier molecular flexibility index (Phi) is 7.54. The quantitative estimate of drug-likeness (QED) is 0.455. The molecule has 0 aliphatic heterocycles. The molecule has 3 aromatic carbocycles. The SMILES string of the molecule is C[C@@H](OC(=O)CC(c1ccccc1)c1ccccc1)C(=O)NNC(=O)c1ccccc1. The third-order valence-corrected chi connectivity index (χ3v) is 4.79. The highest BCUT2D eigenvalue weighted by Crippen LogP contribution is 2.28. The summed E-state index contributed by atoms with van der Waals surface area (Å²) < 4.78 is 5.32. The number of carbonyl (C=O) groups is 3. The van der Waals surface area contributed by atoms with Gasteiger partial charge in [-0.25, -0.2) is 0 Å². The van der Waals surface area contributed by atoms with Gasteiger partial charge in [0.2, 0.25) is 0 Å². The van der Waals surface area contributed by atoms with Gasteiger partial charge < -0.3 is 4.74 Å². The lowest BCUT2D eigenvalue weighted by molar-refractivity contribution is -0.155. The Morgan fingerprint density at radius 2 is 1.23 bits per heavy atom. The summed E-state index contributed by atoms with van der Waals surface area (Å²) in [7, 11) is 0. The van der Waals surface area contributed by atoms with E-state index in [1.807, 2.05) is 60.7 Å². The molecule has 0 aliphatic carbocycles. The number of esters is 1. The molecule has 0 aliphatic rings. The molecule has 0 unspecified atom stereocenters. The Hall–Kier alpha value is -3.93. The van der Waals surface area contributed by atoms with Gasteiger partial charge in [0.15, 0.2) is 6.10 Å². The Morgan fingerprint density at radius 1 is 0.742 bits per heavy atom. The van der Waals surface area contributed by atoms with Gasteiger partial charge in [0, 0.05) is 11.5 Å². The van der Waals surface area contributed by atoms with Crippen LogP contribution in [0.15, 0.2) is 91.0 Å². The predicted molar refractivity (Wildman–Crippen MR) is 117 cm³/mol. The largest absolute Gasteiger partial charge is 0.452 e. The number of benzene rings is 3. The van der Waals surface area contributed by atoms with Crippen molar-refractivity contribution in [2.45, 2.75) is 25.4 Å². The normalized spacial score (nSPS) is 11.4. The molecule has 2 amide bonds. The van der Waals surface area contributed by atoms with Crippen LogP contribution in [-0.4, -0.2) is 23.9 Å². The smallest absolute Gasteiger partial charge is 0.307 e. The zero-order chi connectivity index (χ0) is 22.1. The van der Waals surface area contributed by atoms with E-state index < -0.39 is 23.9 Å². The van der Waals surface area contributed by atoms with Gasteiger partial charge >= 0.3 is 5.97 Å². The van der Waals surface area contributed by atoms with Crippen molar-refractivity contribution >= 4 is 17.8 Å². The van der Waals surface area contributed by atoms with Gasteiger partial charge in [-0.05, 0) is 30.2 Å². The summed E-state index contributed by atoms with van der Waals surface area (Å²) in [6, 6.07) is 27.8. The van der Waals surface area contributed by atoms with Crippen molar-refractivity contribution in [1.82, 2.24) is 10.9 Å². The van der Waals surface area contributed by atoms with Crippen LogP contribution in [0.25, 0.3) is 0 Å². The molecule has 0 fully saturated rings. The molecule has 3 rings (SSSR count). The summed E-state index contributed by atoms with van der Waals surface area (Å²) in [5.41, 5.74) is 6.97. The highest BCUT2D eigenvalue weighted by molar-refractivity contribution is 5.95. The second kappa shape index (κ2) is 10.7. The summed E-state index contributed by atoms with van der Waals surface area (Å²) in [4.78, 5) is 36.8. The molecule has 2 N–H and O–H groups in total. The number of ether oxygens (including phenoxy) is 1. The van der Waals surface area contributed by atoms with Crippen molar-refractivity contribution in [2.75, 3.05) is 0 Å². The second-order valence-electron chi connectivity index (χ2n) is 7.02. The fraction of sp³-hybridized carbons (Fsp3) is 0.160. The Balaban J connectivity index is 1.57. The van der Waals surface area contributed by atoms with Crippen molar-refractivity contribution in [1.29, 1.82) is 0 Å². The lowest BCUT2D eigenvalue weighted by Gasteiger charge is -2.19. The molecule has 6 nitrogen and oxygen atoms in total. The summed E-state index contributed by atoms with van der Waals surface area (Å²) in [6.45, 7) is 1.46. The molecular formula is C25H24N2O4. The molecule has 0 radical (unpaired) electrons. The minimum atomic E-state index is -1.06. The van der Waals surface area contributed by atoms with Crippen molar-refractivity contribution in [3.63, 3.8) is 0 Å². The molecular weight excluding hydrogens is 392 g/mol. The number of carbonyl (C=O) groups excluding carboxylic acids is 3. The lowest BCUT2D eigenvalue weighted by Crippen LogP contribution is -2.46. The third-order valence-electron chi connectivity index (χ3n) is 4.79. The van der Waals surface area contributed by atoms with Crippen molar-refractivity contribution in [3.05, 3.63) is 108 Å². The van der Waals surface area contributed by atoms with E-state index in [-0.39, 0.29) is 12.3 Å². The van der Waals surface area contributed by atoms with E-state index in [1.165, 1.54) is 6.92 Å². The van der Waals surface area contributed by atoms with Crippen LogP contribution in [0.1, 0.15) is 40.7 Å². The van der Waals surface area contributed by atoms with E-state index in [2.05, 4.69) is 10.9 Å². The average molecular weight is 416 g/mol. The minimum Gasteiger partial charge on any atom is -0.452 e. The number of rotatable bonds is 7. The first-order valence-corrected chi connectivity index (χ1v) is 9.99. The van der Waals surface area contributed by atoms with E-state index in [1.54, 1.807) is 30.3 Å². The highest BCUT2D eigenvalue weighted by Gasteiger charge is 2.23. The summed E-state index contributed by atoms with van der Waals surface area (Å²) in [6.07, 6.45) is -0.974. The molecule has 3 aromatic rings. The summed E-state index contributed by atoms with van der Waals surface area (Å²) in [5, 5.41) is 0. The predicted octanol–water partition coefficient (Wildman–Crippen LogP) is 3.60. The number of amides is 2. The molecule has 0 heterocycles. The lowest BCUT2D eigenvalue weighted by atomic mass is 9.88. The van der Waals surface area contributed by atoms with E-state index in [9.17, 15) is 14.4 Å². The van der Waals surface area contributed by atoms with Crippen LogP contribution in [0, 0.1) is 0 Å². The first-order valence-electron chi connectivity index (χ1n) is 9.99. The molecule has 0 bridgehead atoms. The van der Waals surface area contributed by atoms with Crippen molar-refractivity contribution < 1.29 is 19.1 Å². The fourth-order valence-electron chi connectivity index (χ4n) is 3.15. The number of hydrazine groups is 1. The van der Waals surface area contributed by atoms with E-state index in [0.29, 0.717) is 5.56 Å². The monoisotopic (exact) mass is 416 g/mol. The van der Waals surface area contributed by atoms with Gasteiger partial charge in [0.05, 0.1) is 6.42 Å². The van der Waals surface area contributed by atoms with Gasteiger partial charge in [-0.2, -0.15) is 0 Å². The molecule has 0 spiro atoms. The van der Waals surface area contributed by atoms with Crippen LogP contribution < -0.4 is 10.9 Å². The molecule has 1 atom stereocenters. The third kappa shape index (κ3) is 6.27. The van der Waals surface area contributed by atoms with Crippen LogP contribution in [0.2, 0.25) is 0 Å². The van der Waals surface area contributed by atoms with Crippen molar-refractivity contribution in [2.24, 2.45) is 0 Å². The van der Waals surface area contributed by atoms with Gasteiger partial charge in [-0.1, -0.05) is 78.9 Å².